The Kier molecular flexibility index (Phi) is 7.14. The van der Waals surface area contributed by atoms with Crippen molar-refractivity contribution in [3.63, 3.8) is 0 Å². The molecule has 0 aliphatic carbocycles. The van der Waals surface area contributed by atoms with Gasteiger partial charge in [0.15, 0.2) is 0 Å². The van der Waals surface area contributed by atoms with E-state index < -0.39 is 10.0 Å². The second-order valence-electron chi connectivity index (χ2n) is 8.08. The quantitative estimate of drug-likeness (QED) is 0.670. The van der Waals surface area contributed by atoms with Crippen LogP contribution in [0, 0.1) is 32.1 Å². The van der Waals surface area contributed by atoms with E-state index in [-0.39, 0.29) is 23.8 Å². The van der Waals surface area contributed by atoms with Gasteiger partial charge in [-0.3, -0.25) is 4.79 Å². The largest absolute Gasteiger partial charge is 0.307 e. The first-order valence-corrected chi connectivity index (χ1v) is 12.1. The van der Waals surface area contributed by atoms with Gasteiger partial charge < -0.3 is 4.90 Å². The van der Waals surface area contributed by atoms with Crippen LogP contribution in [0.1, 0.15) is 52.7 Å². The Balaban J connectivity index is 1.99. The molecule has 0 unspecified atom stereocenters. The fraction of sp³-hybridized carbons (Fsp3) is 0.417. The smallest absolute Gasteiger partial charge is 0.258 e. The lowest BCUT2D eigenvalue weighted by Gasteiger charge is -2.27. The minimum Gasteiger partial charge on any atom is -0.307 e. The van der Waals surface area contributed by atoms with Crippen LogP contribution in [0.25, 0.3) is 0 Å². The van der Waals surface area contributed by atoms with Crippen LogP contribution in [0.2, 0.25) is 0 Å². The number of carbonyl (C=O) groups excluding carboxylic acids is 1. The fourth-order valence-electron chi connectivity index (χ4n) is 3.81. The monoisotopic (exact) mass is 439 g/mol. The summed E-state index contributed by atoms with van der Waals surface area (Å²) in [4.78, 5) is 15.2. The van der Waals surface area contributed by atoms with Crippen molar-refractivity contribution in [1.82, 2.24) is 4.31 Å². The summed E-state index contributed by atoms with van der Waals surface area (Å²) < 4.78 is 28.0. The minimum atomic E-state index is -3.66. The van der Waals surface area contributed by atoms with Gasteiger partial charge in [0.05, 0.1) is 17.4 Å². The number of rotatable bonds is 6. The molecule has 0 saturated carbocycles. The van der Waals surface area contributed by atoms with E-state index in [1.165, 1.54) is 10.4 Å². The summed E-state index contributed by atoms with van der Waals surface area (Å²) >= 11 is 0. The van der Waals surface area contributed by atoms with Crippen LogP contribution in [0.15, 0.2) is 41.3 Å². The molecule has 7 heteroatoms. The molecule has 1 aliphatic heterocycles. The van der Waals surface area contributed by atoms with Gasteiger partial charge in [-0.05, 0) is 74.6 Å². The Labute approximate surface area is 185 Å². The molecule has 164 valence electrons. The van der Waals surface area contributed by atoms with Crippen LogP contribution in [0.3, 0.4) is 0 Å². The van der Waals surface area contributed by atoms with Crippen molar-refractivity contribution in [1.29, 1.82) is 5.26 Å². The van der Waals surface area contributed by atoms with E-state index in [0.717, 1.165) is 30.4 Å². The normalized spacial score (nSPS) is 14.8. The van der Waals surface area contributed by atoms with Crippen molar-refractivity contribution in [2.24, 2.45) is 0 Å². The molecule has 31 heavy (non-hydrogen) atoms. The van der Waals surface area contributed by atoms with Crippen molar-refractivity contribution in [3.05, 3.63) is 58.7 Å². The molecule has 0 aromatic heterocycles. The van der Waals surface area contributed by atoms with Crippen molar-refractivity contribution in [2.45, 2.75) is 51.3 Å². The number of anilines is 1. The first-order valence-electron chi connectivity index (χ1n) is 10.6. The summed E-state index contributed by atoms with van der Waals surface area (Å²) in [5, 5.41) is 9.07. The fourth-order valence-corrected chi connectivity index (χ4v) is 5.58. The maximum Gasteiger partial charge on any atom is 0.258 e. The Bertz CT molecular complexity index is 1110. The van der Waals surface area contributed by atoms with Gasteiger partial charge in [-0.15, -0.1) is 0 Å². The summed E-state index contributed by atoms with van der Waals surface area (Å²) in [6.45, 7) is 6.98. The molecule has 0 spiro atoms. The Morgan fingerprint density at radius 2 is 1.68 bits per heavy atom. The third-order valence-electron chi connectivity index (χ3n) is 5.86. The number of piperidine rings is 1. The lowest BCUT2D eigenvalue weighted by atomic mass is 10.1. The van der Waals surface area contributed by atoms with E-state index in [4.69, 9.17) is 5.26 Å². The van der Waals surface area contributed by atoms with E-state index in [1.807, 2.05) is 32.0 Å². The number of amides is 1. The Morgan fingerprint density at radius 1 is 1.00 bits per heavy atom. The molecule has 0 atom stereocenters. The Hall–Kier alpha value is -2.69. The number of sulfonamides is 1. The van der Waals surface area contributed by atoms with E-state index in [2.05, 4.69) is 6.07 Å². The lowest BCUT2D eigenvalue weighted by Crippen LogP contribution is -2.36. The lowest BCUT2D eigenvalue weighted by molar-refractivity contribution is 0.0987. The number of nitriles is 1. The molecule has 1 amide bonds. The second kappa shape index (κ2) is 9.63. The number of hydrogen-bond acceptors (Lipinski definition) is 4. The van der Waals surface area contributed by atoms with Gasteiger partial charge >= 0.3 is 0 Å². The van der Waals surface area contributed by atoms with Gasteiger partial charge in [0.25, 0.3) is 5.91 Å². The average Bonchev–Trinajstić information content (AvgIpc) is 2.77. The van der Waals surface area contributed by atoms with Crippen LogP contribution in [-0.2, 0) is 10.0 Å². The summed E-state index contributed by atoms with van der Waals surface area (Å²) in [6.07, 6.45) is 2.92. The van der Waals surface area contributed by atoms with Crippen LogP contribution in [0.5, 0.6) is 0 Å². The van der Waals surface area contributed by atoms with Crippen molar-refractivity contribution in [2.75, 3.05) is 24.5 Å². The maximum absolute atomic E-state index is 13.4. The zero-order chi connectivity index (χ0) is 22.6. The number of hydrogen-bond donors (Lipinski definition) is 0. The molecular formula is C24H29N3O3S. The zero-order valence-electron chi connectivity index (χ0n) is 18.4. The average molecular weight is 440 g/mol. The predicted octanol–water partition coefficient (Wildman–Crippen LogP) is 4.35. The molecule has 1 aliphatic rings. The number of nitrogens with zero attached hydrogens (tertiary/aromatic N) is 3. The highest BCUT2D eigenvalue weighted by molar-refractivity contribution is 7.89. The number of aryl methyl sites for hydroxylation is 3. The second-order valence-corrected chi connectivity index (χ2v) is 9.98. The molecule has 2 aromatic carbocycles. The SMILES string of the molecule is Cc1ccc(N(CCC#N)C(=O)c2ccc(C)c(S(=O)(=O)N3CCCCC3)c2)cc1C. The summed E-state index contributed by atoms with van der Waals surface area (Å²) in [6, 6.07) is 12.6. The molecule has 0 radical (unpaired) electrons. The third-order valence-corrected chi connectivity index (χ3v) is 7.90. The molecule has 3 rings (SSSR count). The highest BCUT2D eigenvalue weighted by atomic mass is 32.2. The van der Waals surface area contributed by atoms with Crippen LogP contribution < -0.4 is 4.90 Å². The molecule has 6 nitrogen and oxygen atoms in total. The molecule has 1 saturated heterocycles. The molecule has 0 N–H and O–H groups in total. The molecule has 1 heterocycles. The minimum absolute atomic E-state index is 0.181. The van der Waals surface area contributed by atoms with Crippen LogP contribution in [0.4, 0.5) is 5.69 Å². The molecule has 1 fully saturated rings. The van der Waals surface area contributed by atoms with Crippen LogP contribution >= 0.6 is 0 Å². The first kappa shape index (κ1) is 23.0. The highest BCUT2D eigenvalue weighted by Gasteiger charge is 2.29. The van der Waals surface area contributed by atoms with Gasteiger partial charge in [0, 0.05) is 30.9 Å². The van der Waals surface area contributed by atoms with Gasteiger partial charge in [-0.2, -0.15) is 9.57 Å². The Morgan fingerprint density at radius 3 is 2.32 bits per heavy atom. The third kappa shape index (κ3) is 4.97. The topological polar surface area (TPSA) is 81.5 Å². The van der Waals surface area contributed by atoms with E-state index in [1.54, 1.807) is 24.0 Å². The zero-order valence-corrected chi connectivity index (χ0v) is 19.2. The van der Waals surface area contributed by atoms with Crippen molar-refractivity contribution in [3.8, 4) is 6.07 Å². The van der Waals surface area contributed by atoms with Gasteiger partial charge in [-0.1, -0.05) is 18.6 Å². The summed E-state index contributed by atoms with van der Waals surface area (Å²) in [5.74, 6) is -0.311. The highest BCUT2D eigenvalue weighted by Crippen LogP contribution is 2.26. The van der Waals surface area contributed by atoms with E-state index in [0.29, 0.717) is 29.9 Å². The van der Waals surface area contributed by atoms with Crippen molar-refractivity contribution >= 4 is 21.6 Å². The summed E-state index contributed by atoms with van der Waals surface area (Å²) in [5.41, 5.74) is 3.78. The van der Waals surface area contributed by atoms with Crippen molar-refractivity contribution < 1.29 is 13.2 Å². The predicted molar refractivity (Wildman–Crippen MR) is 122 cm³/mol. The number of carbonyl (C=O) groups is 1. The molecular weight excluding hydrogens is 410 g/mol. The van der Waals surface area contributed by atoms with Gasteiger partial charge in [0.2, 0.25) is 10.0 Å². The van der Waals surface area contributed by atoms with E-state index >= 15 is 0 Å². The summed E-state index contributed by atoms with van der Waals surface area (Å²) in [7, 11) is -3.66. The van der Waals surface area contributed by atoms with Gasteiger partial charge in [-0.25, -0.2) is 8.42 Å². The number of benzene rings is 2. The first-order chi connectivity index (χ1) is 14.8. The molecule has 0 bridgehead atoms. The standard InChI is InChI=1S/C24H29N3O3S/c1-18-9-11-22(16-20(18)3)27(15-7-12-25)24(28)21-10-8-19(2)23(17-21)31(29,30)26-13-5-4-6-14-26/h8-11,16-17H,4-7,13-15H2,1-3H3. The van der Waals surface area contributed by atoms with Crippen LogP contribution in [-0.4, -0.2) is 38.3 Å². The van der Waals surface area contributed by atoms with E-state index in [9.17, 15) is 13.2 Å². The van der Waals surface area contributed by atoms with Gasteiger partial charge in [0.1, 0.15) is 0 Å². The molecule has 2 aromatic rings. The maximum atomic E-state index is 13.4.